The summed E-state index contributed by atoms with van der Waals surface area (Å²) in [5, 5.41) is 12.6. The van der Waals surface area contributed by atoms with Gasteiger partial charge in [0.15, 0.2) is 0 Å². The van der Waals surface area contributed by atoms with E-state index in [1.54, 1.807) is 12.4 Å². The second-order valence-corrected chi connectivity index (χ2v) is 8.38. The molecular formula is C26H26N6O. The van der Waals surface area contributed by atoms with Gasteiger partial charge in [-0.1, -0.05) is 44.2 Å². The molecule has 5 rings (SSSR count). The molecule has 7 heteroatoms. The molecule has 0 aliphatic heterocycles. The highest BCUT2D eigenvalue weighted by Gasteiger charge is 2.15. The van der Waals surface area contributed by atoms with Crippen LogP contribution in [0.4, 0.5) is 5.69 Å². The number of nitrogens with one attached hydrogen (secondary N) is 1. The van der Waals surface area contributed by atoms with Crippen LogP contribution in [0.1, 0.15) is 31.7 Å². The highest BCUT2D eigenvalue weighted by molar-refractivity contribution is 6.00. The van der Waals surface area contributed by atoms with E-state index in [4.69, 9.17) is 4.42 Å². The van der Waals surface area contributed by atoms with Crippen LogP contribution in [0.5, 0.6) is 0 Å². The topological polar surface area (TPSA) is 81.7 Å². The zero-order valence-corrected chi connectivity index (χ0v) is 18.8. The van der Waals surface area contributed by atoms with Gasteiger partial charge in [-0.05, 0) is 41.2 Å². The van der Waals surface area contributed by atoms with E-state index < -0.39 is 0 Å². The molecule has 0 spiro atoms. The lowest BCUT2D eigenvalue weighted by atomic mass is 9.97. The van der Waals surface area contributed by atoms with Crippen LogP contribution in [0.2, 0.25) is 0 Å². The monoisotopic (exact) mass is 438 g/mol. The molecule has 0 unspecified atom stereocenters. The summed E-state index contributed by atoms with van der Waals surface area (Å²) in [5.74, 6) is 0.961. The summed E-state index contributed by atoms with van der Waals surface area (Å²) in [7, 11) is 0. The third-order valence-corrected chi connectivity index (χ3v) is 5.82. The van der Waals surface area contributed by atoms with Gasteiger partial charge in [-0.3, -0.25) is 4.98 Å². The minimum atomic E-state index is 0.452. The van der Waals surface area contributed by atoms with Crippen molar-refractivity contribution in [1.82, 2.24) is 24.7 Å². The summed E-state index contributed by atoms with van der Waals surface area (Å²) in [6.07, 6.45) is 9.69. The van der Waals surface area contributed by atoms with Gasteiger partial charge >= 0.3 is 0 Å². The van der Waals surface area contributed by atoms with Crippen molar-refractivity contribution < 1.29 is 4.42 Å². The van der Waals surface area contributed by atoms with Crippen LogP contribution in [-0.2, 0) is 6.54 Å². The molecular weight excluding hydrogens is 412 g/mol. The van der Waals surface area contributed by atoms with Crippen molar-refractivity contribution in [3.63, 3.8) is 0 Å². The zero-order valence-electron chi connectivity index (χ0n) is 18.8. The fraction of sp³-hybridized carbons (Fsp3) is 0.231. The lowest BCUT2D eigenvalue weighted by Crippen LogP contribution is -2.07. The van der Waals surface area contributed by atoms with Crippen molar-refractivity contribution >= 4 is 16.6 Å². The molecule has 5 aromatic rings. The molecule has 0 amide bonds. The van der Waals surface area contributed by atoms with Gasteiger partial charge in [0.2, 0.25) is 6.39 Å². The Morgan fingerprint density at radius 2 is 1.91 bits per heavy atom. The summed E-state index contributed by atoms with van der Waals surface area (Å²) < 4.78 is 7.58. The Morgan fingerprint density at radius 1 is 1.06 bits per heavy atom. The van der Waals surface area contributed by atoms with Crippen LogP contribution in [0.15, 0.2) is 78.2 Å². The Bertz CT molecular complexity index is 1330. The fourth-order valence-electron chi connectivity index (χ4n) is 3.97. The van der Waals surface area contributed by atoms with Gasteiger partial charge in [-0.15, -0.1) is 10.2 Å². The van der Waals surface area contributed by atoms with Crippen molar-refractivity contribution in [3.8, 4) is 22.6 Å². The van der Waals surface area contributed by atoms with Crippen molar-refractivity contribution in [3.05, 3.63) is 79.3 Å². The standard InChI is InChI=1S/C26H26N6O/c1-18(2)19-4-6-20(7-5-19)21-8-9-24-22(14-21)25(23(15-29-24)26-31-30-17-33-26)28-10-3-12-32-13-11-27-16-32/h4-9,11,13-18H,3,10,12H2,1-2H3,(H,28,29). The molecule has 3 aromatic heterocycles. The van der Waals surface area contributed by atoms with Crippen molar-refractivity contribution in [1.29, 1.82) is 0 Å². The summed E-state index contributed by atoms with van der Waals surface area (Å²) in [5.41, 5.74) is 6.32. The Morgan fingerprint density at radius 3 is 2.64 bits per heavy atom. The summed E-state index contributed by atoms with van der Waals surface area (Å²) in [6.45, 7) is 6.09. The molecule has 0 radical (unpaired) electrons. The predicted molar refractivity (Wildman–Crippen MR) is 130 cm³/mol. The van der Waals surface area contributed by atoms with E-state index in [1.165, 1.54) is 17.5 Å². The molecule has 0 saturated carbocycles. The number of imidazole rings is 1. The number of aromatic nitrogens is 5. The Hall–Kier alpha value is -4.00. The molecule has 0 atom stereocenters. The average molecular weight is 439 g/mol. The lowest BCUT2D eigenvalue weighted by Gasteiger charge is -2.14. The largest absolute Gasteiger partial charge is 0.423 e. The fourth-order valence-corrected chi connectivity index (χ4v) is 3.97. The molecule has 3 heterocycles. The van der Waals surface area contributed by atoms with E-state index in [2.05, 4.69) is 86.4 Å². The van der Waals surface area contributed by atoms with Gasteiger partial charge in [-0.2, -0.15) is 0 Å². The SMILES string of the molecule is CC(C)c1ccc(-c2ccc3ncc(-c4nnco4)c(NCCCn4ccnc4)c3c2)cc1. The number of anilines is 1. The Balaban J connectivity index is 1.50. The summed E-state index contributed by atoms with van der Waals surface area (Å²) >= 11 is 0. The molecule has 0 saturated heterocycles. The van der Waals surface area contributed by atoms with Gasteiger partial charge in [0.05, 0.1) is 23.1 Å². The maximum absolute atomic E-state index is 5.51. The maximum Gasteiger partial charge on any atom is 0.251 e. The van der Waals surface area contributed by atoms with Gasteiger partial charge in [0.1, 0.15) is 0 Å². The quantitative estimate of drug-likeness (QED) is 0.310. The predicted octanol–water partition coefficient (Wildman–Crippen LogP) is 5.77. The highest BCUT2D eigenvalue weighted by atomic mass is 16.4. The normalized spacial score (nSPS) is 11.4. The number of nitrogens with zero attached hydrogens (tertiary/aromatic N) is 5. The van der Waals surface area contributed by atoms with Crippen LogP contribution < -0.4 is 5.32 Å². The number of rotatable bonds is 8. The Labute approximate surface area is 192 Å². The highest BCUT2D eigenvalue weighted by Crippen LogP contribution is 2.35. The summed E-state index contributed by atoms with van der Waals surface area (Å²) in [4.78, 5) is 8.77. The van der Waals surface area contributed by atoms with E-state index in [-0.39, 0.29) is 0 Å². The number of benzene rings is 2. The van der Waals surface area contributed by atoms with Crippen LogP contribution >= 0.6 is 0 Å². The molecule has 0 aliphatic carbocycles. The first-order valence-electron chi connectivity index (χ1n) is 11.2. The molecule has 33 heavy (non-hydrogen) atoms. The van der Waals surface area contributed by atoms with Crippen LogP contribution in [0.25, 0.3) is 33.5 Å². The number of hydrogen-bond acceptors (Lipinski definition) is 6. The lowest BCUT2D eigenvalue weighted by molar-refractivity contribution is 0.568. The first-order chi connectivity index (χ1) is 16.2. The van der Waals surface area contributed by atoms with Crippen molar-refractivity contribution in [2.45, 2.75) is 32.7 Å². The third kappa shape index (κ3) is 4.48. The van der Waals surface area contributed by atoms with Gasteiger partial charge in [-0.25, -0.2) is 4.98 Å². The molecule has 0 fully saturated rings. The number of fused-ring (bicyclic) bond motifs is 1. The van der Waals surface area contributed by atoms with E-state index in [0.29, 0.717) is 11.8 Å². The van der Waals surface area contributed by atoms with E-state index in [1.807, 2.05) is 12.5 Å². The first-order valence-corrected chi connectivity index (χ1v) is 11.2. The minimum Gasteiger partial charge on any atom is -0.423 e. The van der Waals surface area contributed by atoms with E-state index in [0.717, 1.165) is 47.2 Å². The number of aryl methyl sites for hydroxylation is 1. The van der Waals surface area contributed by atoms with Gasteiger partial charge in [0, 0.05) is 37.1 Å². The van der Waals surface area contributed by atoms with E-state index >= 15 is 0 Å². The minimum absolute atomic E-state index is 0.452. The van der Waals surface area contributed by atoms with Crippen LogP contribution in [0.3, 0.4) is 0 Å². The maximum atomic E-state index is 5.51. The van der Waals surface area contributed by atoms with Crippen LogP contribution in [0, 0.1) is 0 Å². The third-order valence-electron chi connectivity index (χ3n) is 5.82. The molecule has 0 aliphatic rings. The molecule has 2 aromatic carbocycles. The number of pyridine rings is 1. The average Bonchev–Trinajstić information content (AvgIpc) is 3.56. The second kappa shape index (κ2) is 9.24. The zero-order chi connectivity index (χ0) is 22.6. The number of hydrogen-bond donors (Lipinski definition) is 1. The first kappa shape index (κ1) is 20.9. The van der Waals surface area contributed by atoms with E-state index in [9.17, 15) is 0 Å². The van der Waals surface area contributed by atoms with Crippen molar-refractivity contribution in [2.24, 2.45) is 0 Å². The molecule has 0 bridgehead atoms. The molecule has 7 nitrogen and oxygen atoms in total. The summed E-state index contributed by atoms with van der Waals surface area (Å²) in [6, 6.07) is 15.1. The molecule has 1 N–H and O–H groups in total. The smallest absolute Gasteiger partial charge is 0.251 e. The second-order valence-electron chi connectivity index (χ2n) is 8.38. The van der Waals surface area contributed by atoms with Gasteiger partial charge in [0.25, 0.3) is 5.89 Å². The van der Waals surface area contributed by atoms with Crippen LogP contribution in [-0.4, -0.2) is 31.3 Å². The Kier molecular flexibility index (Phi) is 5.85. The van der Waals surface area contributed by atoms with Gasteiger partial charge < -0.3 is 14.3 Å². The molecule has 166 valence electrons. The van der Waals surface area contributed by atoms with Crippen molar-refractivity contribution in [2.75, 3.05) is 11.9 Å².